The Kier molecular flexibility index (Phi) is 4.86. The Labute approximate surface area is 171 Å². The second-order valence-corrected chi connectivity index (χ2v) is 6.85. The van der Waals surface area contributed by atoms with Gasteiger partial charge in [-0.15, -0.1) is 0 Å². The molecule has 9 heteroatoms. The van der Waals surface area contributed by atoms with Crippen molar-refractivity contribution in [1.29, 1.82) is 0 Å². The van der Waals surface area contributed by atoms with Crippen LogP contribution in [0.15, 0.2) is 36.4 Å². The van der Waals surface area contributed by atoms with E-state index in [2.05, 4.69) is 5.32 Å². The number of hydrogen-bond acceptors (Lipinski definition) is 7. The maximum Gasteiger partial charge on any atom is 0.366 e. The second-order valence-electron chi connectivity index (χ2n) is 6.85. The van der Waals surface area contributed by atoms with E-state index < -0.39 is 17.8 Å². The van der Waals surface area contributed by atoms with Gasteiger partial charge in [0.1, 0.15) is 0 Å². The lowest BCUT2D eigenvalue weighted by atomic mass is 10.1. The summed E-state index contributed by atoms with van der Waals surface area (Å²) in [7, 11) is 2.81. The molecule has 1 heterocycles. The molecule has 1 aliphatic heterocycles. The van der Waals surface area contributed by atoms with Crippen molar-refractivity contribution < 1.29 is 33.5 Å². The minimum atomic E-state index is -1.00. The lowest BCUT2D eigenvalue weighted by Crippen LogP contribution is -2.33. The fourth-order valence-electron chi connectivity index (χ4n) is 3.11. The summed E-state index contributed by atoms with van der Waals surface area (Å²) in [6.45, 7) is 0. The molecule has 0 unspecified atom stereocenters. The van der Waals surface area contributed by atoms with Crippen LogP contribution in [0.4, 0.5) is 5.69 Å². The van der Waals surface area contributed by atoms with Crippen molar-refractivity contribution >= 4 is 29.4 Å². The Balaban J connectivity index is 1.65. The fourth-order valence-corrected chi connectivity index (χ4v) is 3.11. The van der Waals surface area contributed by atoms with Gasteiger partial charge in [-0.25, -0.2) is 4.79 Å². The molecule has 30 heavy (non-hydrogen) atoms. The molecule has 0 radical (unpaired) electrons. The van der Waals surface area contributed by atoms with E-state index in [0.29, 0.717) is 10.8 Å². The van der Waals surface area contributed by atoms with Gasteiger partial charge in [-0.1, -0.05) is 17.2 Å². The van der Waals surface area contributed by atoms with E-state index in [4.69, 9.17) is 14.3 Å². The lowest BCUT2D eigenvalue weighted by molar-refractivity contribution is -0.117. The number of carbonyl (C=O) groups is 4. The molecule has 1 aliphatic carbocycles. The third-order valence-electron chi connectivity index (χ3n) is 4.88. The maximum atomic E-state index is 12.9. The minimum Gasteiger partial charge on any atom is -0.493 e. The fraction of sp³-hybridized carbons (Fsp3) is 0.238. The Morgan fingerprint density at radius 1 is 0.967 bits per heavy atom. The predicted molar refractivity (Wildman–Crippen MR) is 103 cm³/mol. The summed E-state index contributed by atoms with van der Waals surface area (Å²) in [5.74, 6) is -2.33. The number of amides is 3. The number of nitrogens with one attached hydrogen (secondary N) is 1. The van der Waals surface area contributed by atoms with Gasteiger partial charge in [0.25, 0.3) is 11.8 Å². The van der Waals surface area contributed by atoms with Crippen LogP contribution in [0.3, 0.4) is 0 Å². The monoisotopic (exact) mass is 410 g/mol. The molecule has 0 aromatic heterocycles. The number of rotatable bonds is 6. The van der Waals surface area contributed by atoms with Gasteiger partial charge in [0.15, 0.2) is 11.5 Å². The van der Waals surface area contributed by atoms with Gasteiger partial charge in [0, 0.05) is 18.1 Å². The number of fused-ring (bicyclic) bond motifs is 1. The largest absolute Gasteiger partial charge is 0.493 e. The molecule has 0 spiro atoms. The zero-order valence-corrected chi connectivity index (χ0v) is 16.3. The lowest BCUT2D eigenvalue weighted by Gasteiger charge is -2.17. The van der Waals surface area contributed by atoms with Gasteiger partial charge >= 0.3 is 5.97 Å². The summed E-state index contributed by atoms with van der Waals surface area (Å²) < 4.78 is 10.4. The highest BCUT2D eigenvalue weighted by atomic mass is 16.7. The first-order valence-corrected chi connectivity index (χ1v) is 9.21. The molecule has 2 aromatic rings. The minimum absolute atomic E-state index is 0.0850. The summed E-state index contributed by atoms with van der Waals surface area (Å²) in [5.41, 5.74) is 0.333. The van der Waals surface area contributed by atoms with Gasteiger partial charge in [0.2, 0.25) is 5.91 Å². The zero-order chi connectivity index (χ0) is 21.4. The van der Waals surface area contributed by atoms with Crippen LogP contribution < -0.4 is 14.8 Å². The third-order valence-corrected chi connectivity index (χ3v) is 4.88. The summed E-state index contributed by atoms with van der Waals surface area (Å²) in [5, 5.41) is 3.09. The van der Waals surface area contributed by atoms with Crippen LogP contribution in [0.5, 0.6) is 11.5 Å². The van der Waals surface area contributed by atoms with Crippen molar-refractivity contribution in [2.75, 3.05) is 19.5 Å². The highest BCUT2D eigenvalue weighted by molar-refractivity contribution is 6.21. The number of nitrogens with zero attached hydrogens (tertiary/aromatic N) is 1. The van der Waals surface area contributed by atoms with Crippen LogP contribution in [-0.2, 0) is 9.63 Å². The Hall–Kier alpha value is -3.88. The Morgan fingerprint density at radius 2 is 1.53 bits per heavy atom. The Morgan fingerprint density at radius 3 is 2.07 bits per heavy atom. The van der Waals surface area contributed by atoms with Crippen molar-refractivity contribution in [3.8, 4) is 11.5 Å². The van der Waals surface area contributed by atoms with Gasteiger partial charge in [-0.2, -0.15) is 0 Å². The maximum absolute atomic E-state index is 12.9. The summed E-state index contributed by atoms with van der Waals surface area (Å²) >= 11 is 0. The van der Waals surface area contributed by atoms with E-state index in [-0.39, 0.29) is 40.0 Å². The average Bonchev–Trinajstić information content (AvgIpc) is 3.58. The smallest absolute Gasteiger partial charge is 0.366 e. The standard InChI is InChI=1S/C21H18N2O7/c1-28-16-9-14(15(10-17(16)29-2)22-18(24)11-7-8-11)21(27)30-23-19(25)12-5-3-4-6-13(12)20(23)26/h3-6,9-11H,7-8H2,1-2H3,(H,22,24). The van der Waals surface area contributed by atoms with Crippen LogP contribution in [-0.4, -0.2) is 43.0 Å². The van der Waals surface area contributed by atoms with Crippen LogP contribution in [0.25, 0.3) is 0 Å². The Bertz CT molecular complexity index is 1040. The quantitative estimate of drug-likeness (QED) is 0.728. The summed E-state index contributed by atoms with van der Waals surface area (Å²) in [6.07, 6.45) is 1.54. The molecule has 0 atom stereocenters. The van der Waals surface area contributed by atoms with Crippen molar-refractivity contribution in [2.24, 2.45) is 5.92 Å². The molecule has 1 fully saturated rings. The molecular weight excluding hydrogens is 392 g/mol. The normalized spacial score (nSPS) is 14.9. The van der Waals surface area contributed by atoms with Gasteiger partial charge in [-0.05, 0) is 25.0 Å². The molecule has 0 bridgehead atoms. The van der Waals surface area contributed by atoms with E-state index >= 15 is 0 Å². The average molecular weight is 410 g/mol. The summed E-state index contributed by atoms with van der Waals surface area (Å²) in [6, 6.07) is 8.91. The highest BCUT2D eigenvalue weighted by Crippen LogP contribution is 2.36. The molecule has 3 amide bonds. The van der Waals surface area contributed by atoms with Crippen molar-refractivity contribution in [2.45, 2.75) is 12.8 Å². The van der Waals surface area contributed by atoms with Gasteiger partial charge in [0.05, 0.1) is 36.6 Å². The summed E-state index contributed by atoms with van der Waals surface area (Å²) in [4.78, 5) is 55.2. The number of carbonyl (C=O) groups excluding carboxylic acids is 4. The first kappa shape index (κ1) is 19.4. The van der Waals surface area contributed by atoms with E-state index in [1.54, 1.807) is 12.1 Å². The number of hydrogen-bond donors (Lipinski definition) is 1. The number of benzene rings is 2. The number of imide groups is 1. The van der Waals surface area contributed by atoms with Crippen molar-refractivity contribution in [1.82, 2.24) is 5.06 Å². The van der Waals surface area contributed by atoms with Crippen molar-refractivity contribution in [3.05, 3.63) is 53.1 Å². The van der Waals surface area contributed by atoms with Crippen LogP contribution in [0, 0.1) is 5.92 Å². The molecule has 0 saturated heterocycles. The number of ether oxygens (including phenoxy) is 2. The molecule has 154 valence electrons. The number of hydroxylamine groups is 2. The molecule has 4 rings (SSSR count). The molecule has 2 aromatic carbocycles. The first-order valence-electron chi connectivity index (χ1n) is 9.21. The van der Waals surface area contributed by atoms with Crippen LogP contribution >= 0.6 is 0 Å². The SMILES string of the molecule is COc1cc(NC(=O)C2CC2)c(C(=O)ON2C(=O)c3ccccc3C2=O)cc1OC. The number of anilines is 1. The number of methoxy groups -OCH3 is 2. The van der Waals surface area contributed by atoms with E-state index in [0.717, 1.165) is 12.8 Å². The predicted octanol–water partition coefficient (Wildman–Crippen LogP) is 2.42. The highest BCUT2D eigenvalue weighted by Gasteiger charge is 2.39. The van der Waals surface area contributed by atoms with E-state index in [1.807, 2.05) is 0 Å². The zero-order valence-electron chi connectivity index (χ0n) is 16.3. The van der Waals surface area contributed by atoms with Gasteiger partial charge in [-0.3, -0.25) is 14.4 Å². The molecule has 9 nitrogen and oxygen atoms in total. The van der Waals surface area contributed by atoms with Crippen molar-refractivity contribution in [3.63, 3.8) is 0 Å². The molecule has 1 saturated carbocycles. The topological polar surface area (TPSA) is 111 Å². The van der Waals surface area contributed by atoms with Gasteiger partial charge < -0.3 is 19.6 Å². The first-order chi connectivity index (χ1) is 14.4. The second kappa shape index (κ2) is 7.51. The van der Waals surface area contributed by atoms with Crippen LogP contribution in [0.2, 0.25) is 0 Å². The van der Waals surface area contributed by atoms with Crippen LogP contribution in [0.1, 0.15) is 43.9 Å². The third kappa shape index (κ3) is 3.34. The van der Waals surface area contributed by atoms with E-state index in [9.17, 15) is 19.2 Å². The molecule has 1 N–H and O–H groups in total. The molecular formula is C21H18N2O7. The molecule has 2 aliphatic rings. The van der Waals surface area contributed by atoms with E-state index in [1.165, 1.54) is 38.5 Å².